The van der Waals surface area contributed by atoms with Gasteiger partial charge in [-0.3, -0.25) is 9.89 Å². The summed E-state index contributed by atoms with van der Waals surface area (Å²) in [4.78, 5) is 5.30. The summed E-state index contributed by atoms with van der Waals surface area (Å²) in [6.45, 7) is 1.74. The predicted octanol–water partition coefficient (Wildman–Crippen LogP) is 2.41. The number of hydrogen-bond acceptors (Lipinski definition) is 2. The Morgan fingerprint density at radius 1 is 1.27 bits per heavy atom. The molecule has 4 nitrogen and oxygen atoms in total. The lowest BCUT2D eigenvalue weighted by Crippen LogP contribution is -2.43. The number of rotatable bonds is 6. The van der Waals surface area contributed by atoms with Gasteiger partial charge in [0, 0.05) is 20.1 Å². The molecular formula is C15H23F3N4. The molecule has 7 heteroatoms. The number of nitrogens with zero attached hydrogens (tertiary/aromatic N) is 2. The van der Waals surface area contributed by atoms with Crippen molar-refractivity contribution in [2.24, 2.45) is 4.99 Å². The largest absolute Gasteiger partial charge is 0.401 e. The van der Waals surface area contributed by atoms with Gasteiger partial charge in [-0.15, -0.1) is 0 Å². The van der Waals surface area contributed by atoms with E-state index in [0.717, 1.165) is 5.56 Å². The third-order valence-corrected chi connectivity index (χ3v) is 3.11. The van der Waals surface area contributed by atoms with E-state index in [0.29, 0.717) is 12.5 Å². The van der Waals surface area contributed by atoms with E-state index in [9.17, 15) is 13.2 Å². The van der Waals surface area contributed by atoms with E-state index in [1.165, 1.54) is 11.9 Å². The minimum atomic E-state index is -4.17. The summed E-state index contributed by atoms with van der Waals surface area (Å²) >= 11 is 0. The lowest BCUT2D eigenvalue weighted by molar-refractivity contribution is -0.142. The fourth-order valence-corrected chi connectivity index (χ4v) is 1.98. The number of benzene rings is 1. The van der Waals surface area contributed by atoms with Crippen LogP contribution in [0.3, 0.4) is 0 Å². The molecule has 0 aliphatic carbocycles. The Morgan fingerprint density at radius 3 is 2.45 bits per heavy atom. The average Bonchev–Trinajstić information content (AvgIpc) is 2.45. The molecule has 1 atom stereocenters. The van der Waals surface area contributed by atoms with Gasteiger partial charge in [-0.25, -0.2) is 0 Å². The number of aliphatic imine (C=N–C) groups is 1. The van der Waals surface area contributed by atoms with Crippen molar-refractivity contribution in [2.45, 2.75) is 19.1 Å². The Balaban J connectivity index is 2.37. The molecule has 0 amide bonds. The first-order valence-corrected chi connectivity index (χ1v) is 7.09. The highest BCUT2D eigenvalue weighted by atomic mass is 19.4. The molecule has 1 unspecified atom stereocenters. The van der Waals surface area contributed by atoms with Crippen LogP contribution in [0.15, 0.2) is 35.3 Å². The Bertz CT molecular complexity index is 460. The van der Waals surface area contributed by atoms with E-state index in [1.807, 2.05) is 37.3 Å². The molecule has 1 aromatic carbocycles. The first-order chi connectivity index (χ1) is 10.3. The molecule has 2 N–H and O–H groups in total. The van der Waals surface area contributed by atoms with Crippen molar-refractivity contribution in [3.05, 3.63) is 35.9 Å². The maximum absolute atomic E-state index is 12.2. The summed E-state index contributed by atoms with van der Waals surface area (Å²) in [5.74, 6) is 0.566. The Hall–Kier alpha value is -1.76. The van der Waals surface area contributed by atoms with Crippen LogP contribution >= 0.6 is 0 Å². The summed E-state index contributed by atoms with van der Waals surface area (Å²) in [5, 5.41) is 6.22. The smallest absolute Gasteiger partial charge is 0.355 e. The maximum Gasteiger partial charge on any atom is 0.401 e. The first kappa shape index (κ1) is 18.3. The minimum Gasteiger partial charge on any atom is -0.355 e. The second-order valence-electron chi connectivity index (χ2n) is 5.13. The van der Waals surface area contributed by atoms with E-state index in [4.69, 9.17) is 0 Å². The molecule has 0 heterocycles. The number of guanidine groups is 1. The topological polar surface area (TPSA) is 39.7 Å². The second kappa shape index (κ2) is 8.63. The van der Waals surface area contributed by atoms with Gasteiger partial charge in [-0.05, 0) is 19.5 Å². The molecule has 0 fully saturated rings. The highest BCUT2D eigenvalue weighted by Crippen LogP contribution is 2.15. The van der Waals surface area contributed by atoms with Crippen LogP contribution in [0, 0.1) is 0 Å². The third-order valence-electron chi connectivity index (χ3n) is 3.11. The van der Waals surface area contributed by atoms with E-state index in [1.54, 1.807) is 7.05 Å². The summed E-state index contributed by atoms with van der Waals surface area (Å²) in [6, 6.07) is 9.91. The van der Waals surface area contributed by atoms with Crippen LogP contribution in [0.25, 0.3) is 0 Å². The normalized spacial score (nSPS) is 14.0. The minimum absolute atomic E-state index is 0.0558. The SMILES string of the molecule is CN=C(NCCN(C)CC(F)(F)F)NC(C)c1ccccc1. The highest BCUT2D eigenvalue weighted by Gasteiger charge is 2.28. The van der Waals surface area contributed by atoms with Crippen LogP contribution in [0.2, 0.25) is 0 Å². The van der Waals surface area contributed by atoms with Crippen molar-refractivity contribution < 1.29 is 13.2 Å². The van der Waals surface area contributed by atoms with Gasteiger partial charge in [0.15, 0.2) is 5.96 Å². The molecule has 1 rings (SSSR count). The lowest BCUT2D eigenvalue weighted by Gasteiger charge is -2.21. The fourth-order valence-electron chi connectivity index (χ4n) is 1.98. The number of halogens is 3. The van der Waals surface area contributed by atoms with Crippen molar-refractivity contribution in [2.75, 3.05) is 33.7 Å². The zero-order chi connectivity index (χ0) is 16.6. The molecule has 0 aliphatic rings. The Kier molecular flexibility index (Phi) is 7.17. The lowest BCUT2D eigenvalue weighted by atomic mass is 10.1. The van der Waals surface area contributed by atoms with Gasteiger partial charge < -0.3 is 10.6 Å². The summed E-state index contributed by atoms with van der Waals surface area (Å²) in [7, 11) is 3.07. The zero-order valence-electron chi connectivity index (χ0n) is 13.1. The van der Waals surface area contributed by atoms with Gasteiger partial charge in [-0.1, -0.05) is 30.3 Å². The Morgan fingerprint density at radius 2 is 1.91 bits per heavy atom. The van der Waals surface area contributed by atoms with E-state index < -0.39 is 12.7 Å². The summed E-state index contributed by atoms with van der Waals surface area (Å²) in [6.07, 6.45) is -4.17. The number of likely N-dealkylation sites (N-methyl/N-ethyl adjacent to an activating group) is 1. The molecule has 0 saturated heterocycles. The average molecular weight is 316 g/mol. The highest BCUT2D eigenvalue weighted by molar-refractivity contribution is 5.80. The van der Waals surface area contributed by atoms with Crippen LogP contribution in [-0.2, 0) is 0 Å². The van der Waals surface area contributed by atoms with Gasteiger partial charge >= 0.3 is 6.18 Å². The van der Waals surface area contributed by atoms with Crippen molar-refractivity contribution >= 4 is 5.96 Å². The van der Waals surface area contributed by atoms with E-state index in [2.05, 4.69) is 15.6 Å². The van der Waals surface area contributed by atoms with Gasteiger partial charge in [0.2, 0.25) is 0 Å². The van der Waals surface area contributed by atoms with Crippen LogP contribution in [-0.4, -0.2) is 50.8 Å². The standard InChI is InChI=1S/C15H23F3N4/c1-12(13-7-5-4-6-8-13)21-14(19-2)20-9-10-22(3)11-15(16,17)18/h4-8,12H,9-11H2,1-3H3,(H2,19,20,21). The Labute approximate surface area is 129 Å². The van der Waals surface area contributed by atoms with E-state index in [-0.39, 0.29) is 12.6 Å². The molecule has 0 aromatic heterocycles. The van der Waals surface area contributed by atoms with Gasteiger partial charge in [-0.2, -0.15) is 13.2 Å². The summed E-state index contributed by atoms with van der Waals surface area (Å²) < 4.78 is 36.7. The quantitative estimate of drug-likeness (QED) is 0.625. The van der Waals surface area contributed by atoms with Crippen molar-refractivity contribution in [3.63, 3.8) is 0 Å². The molecule has 0 radical (unpaired) electrons. The predicted molar refractivity (Wildman–Crippen MR) is 82.9 cm³/mol. The molecule has 22 heavy (non-hydrogen) atoms. The number of nitrogens with one attached hydrogen (secondary N) is 2. The van der Waals surface area contributed by atoms with Crippen LogP contribution in [0.5, 0.6) is 0 Å². The van der Waals surface area contributed by atoms with Crippen molar-refractivity contribution in [3.8, 4) is 0 Å². The van der Waals surface area contributed by atoms with Gasteiger partial charge in [0.1, 0.15) is 0 Å². The monoisotopic (exact) mass is 316 g/mol. The van der Waals surface area contributed by atoms with Gasteiger partial charge in [0.25, 0.3) is 0 Å². The molecular weight excluding hydrogens is 293 g/mol. The maximum atomic E-state index is 12.2. The fraction of sp³-hybridized carbons (Fsp3) is 0.533. The van der Waals surface area contributed by atoms with Crippen molar-refractivity contribution in [1.29, 1.82) is 0 Å². The molecule has 0 spiro atoms. The second-order valence-corrected chi connectivity index (χ2v) is 5.13. The molecule has 124 valence electrons. The third kappa shape index (κ3) is 7.31. The number of alkyl halides is 3. The molecule has 0 saturated carbocycles. The van der Waals surface area contributed by atoms with E-state index >= 15 is 0 Å². The van der Waals surface area contributed by atoms with Crippen molar-refractivity contribution in [1.82, 2.24) is 15.5 Å². The molecule has 0 bridgehead atoms. The van der Waals surface area contributed by atoms with Gasteiger partial charge in [0.05, 0.1) is 12.6 Å². The van der Waals surface area contributed by atoms with Crippen LogP contribution < -0.4 is 10.6 Å². The first-order valence-electron chi connectivity index (χ1n) is 7.09. The van der Waals surface area contributed by atoms with Crippen LogP contribution in [0.1, 0.15) is 18.5 Å². The van der Waals surface area contributed by atoms with Crippen LogP contribution in [0.4, 0.5) is 13.2 Å². The zero-order valence-corrected chi connectivity index (χ0v) is 13.1. The summed E-state index contributed by atoms with van der Waals surface area (Å²) in [5.41, 5.74) is 1.11. The molecule has 0 aliphatic heterocycles. The number of hydrogen-bond donors (Lipinski definition) is 2. The molecule has 1 aromatic rings.